The fourth-order valence-electron chi connectivity index (χ4n) is 2.04. The topological polar surface area (TPSA) is 49.8 Å². The number of benzene rings is 1. The van der Waals surface area contributed by atoms with E-state index in [2.05, 4.69) is 34.4 Å². The van der Waals surface area contributed by atoms with Gasteiger partial charge in [0.15, 0.2) is 0 Å². The molecule has 2 aromatic rings. The van der Waals surface area contributed by atoms with Crippen molar-refractivity contribution in [2.75, 3.05) is 17.2 Å². The highest BCUT2D eigenvalue weighted by Gasteiger charge is 2.08. The van der Waals surface area contributed by atoms with Crippen molar-refractivity contribution in [2.45, 2.75) is 33.2 Å². The lowest BCUT2D eigenvalue weighted by molar-refractivity contribution is 0.866. The van der Waals surface area contributed by atoms with Gasteiger partial charge in [-0.25, -0.2) is 9.97 Å². The Balaban J connectivity index is 2.10. The van der Waals surface area contributed by atoms with Crippen LogP contribution in [0.15, 0.2) is 30.3 Å². The molecule has 0 fully saturated rings. The zero-order valence-corrected chi connectivity index (χ0v) is 13.4. The van der Waals surface area contributed by atoms with E-state index in [0.717, 1.165) is 35.4 Å². The fraction of sp³-hybridized carbons (Fsp3) is 0.375. The van der Waals surface area contributed by atoms with E-state index in [1.54, 1.807) is 0 Å². The fourth-order valence-corrected chi connectivity index (χ4v) is 2.17. The standard InChI is InChI=1S/C16H21ClN4/c1-4-9-18-15-10-16(21-12(3)20-15)19-11(2)13-5-7-14(17)8-6-13/h5-8,10-11H,4,9H2,1-3H3,(H2,18,19,20,21). The maximum Gasteiger partial charge on any atom is 0.132 e. The molecule has 0 aliphatic carbocycles. The van der Waals surface area contributed by atoms with Crippen LogP contribution in [0.3, 0.4) is 0 Å². The molecule has 0 bridgehead atoms. The number of aryl methyl sites for hydroxylation is 1. The smallest absolute Gasteiger partial charge is 0.132 e. The molecular weight excluding hydrogens is 284 g/mol. The van der Waals surface area contributed by atoms with Crippen LogP contribution in [0.1, 0.15) is 37.7 Å². The van der Waals surface area contributed by atoms with E-state index >= 15 is 0 Å². The summed E-state index contributed by atoms with van der Waals surface area (Å²) in [5, 5.41) is 7.43. The van der Waals surface area contributed by atoms with E-state index in [0.29, 0.717) is 0 Å². The monoisotopic (exact) mass is 304 g/mol. The SMILES string of the molecule is CCCNc1cc(NC(C)c2ccc(Cl)cc2)nc(C)n1. The van der Waals surface area contributed by atoms with Gasteiger partial charge in [0, 0.05) is 23.7 Å². The number of rotatable bonds is 6. The number of hydrogen-bond acceptors (Lipinski definition) is 4. The molecule has 2 N–H and O–H groups in total. The molecule has 21 heavy (non-hydrogen) atoms. The summed E-state index contributed by atoms with van der Waals surface area (Å²) >= 11 is 5.92. The van der Waals surface area contributed by atoms with Gasteiger partial charge in [-0.05, 0) is 38.0 Å². The highest BCUT2D eigenvalue weighted by atomic mass is 35.5. The molecule has 0 spiro atoms. The van der Waals surface area contributed by atoms with Crippen molar-refractivity contribution >= 4 is 23.2 Å². The van der Waals surface area contributed by atoms with Crippen molar-refractivity contribution in [1.82, 2.24) is 9.97 Å². The Morgan fingerprint density at radius 3 is 2.48 bits per heavy atom. The van der Waals surface area contributed by atoms with Crippen molar-refractivity contribution in [3.05, 3.63) is 46.7 Å². The van der Waals surface area contributed by atoms with Gasteiger partial charge in [0.05, 0.1) is 0 Å². The van der Waals surface area contributed by atoms with Crippen LogP contribution < -0.4 is 10.6 Å². The molecule has 1 unspecified atom stereocenters. The van der Waals surface area contributed by atoms with Gasteiger partial charge in [-0.15, -0.1) is 0 Å². The lowest BCUT2D eigenvalue weighted by Gasteiger charge is -2.16. The molecular formula is C16H21ClN4. The van der Waals surface area contributed by atoms with Crippen molar-refractivity contribution in [3.63, 3.8) is 0 Å². The van der Waals surface area contributed by atoms with E-state index in [1.165, 1.54) is 5.56 Å². The molecule has 5 heteroatoms. The van der Waals surface area contributed by atoms with E-state index in [-0.39, 0.29) is 6.04 Å². The van der Waals surface area contributed by atoms with E-state index < -0.39 is 0 Å². The molecule has 0 saturated carbocycles. The Hall–Kier alpha value is -1.81. The minimum Gasteiger partial charge on any atom is -0.370 e. The first kappa shape index (κ1) is 15.6. The summed E-state index contributed by atoms with van der Waals surface area (Å²) in [7, 11) is 0. The summed E-state index contributed by atoms with van der Waals surface area (Å²) < 4.78 is 0. The summed E-state index contributed by atoms with van der Waals surface area (Å²) in [5.74, 6) is 2.43. The Kier molecular flexibility index (Phi) is 5.39. The number of nitrogens with one attached hydrogen (secondary N) is 2. The third-order valence-corrected chi connectivity index (χ3v) is 3.38. The minimum atomic E-state index is 0.149. The van der Waals surface area contributed by atoms with Crippen LogP contribution >= 0.6 is 11.6 Å². The van der Waals surface area contributed by atoms with Crippen LogP contribution in [0.4, 0.5) is 11.6 Å². The summed E-state index contributed by atoms with van der Waals surface area (Å²) in [6, 6.07) is 9.92. The van der Waals surface area contributed by atoms with Crippen LogP contribution in [0.2, 0.25) is 5.02 Å². The first-order valence-corrected chi connectivity index (χ1v) is 7.58. The first-order valence-electron chi connectivity index (χ1n) is 7.20. The molecule has 2 rings (SSSR count). The Morgan fingerprint density at radius 1 is 1.14 bits per heavy atom. The zero-order valence-electron chi connectivity index (χ0n) is 12.7. The highest BCUT2D eigenvalue weighted by molar-refractivity contribution is 6.30. The van der Waals surface area contributed by atoms with Crippen molar-refractivity contribution in [3.8, 4) is 0 Å². The average Bonchev–Trinajstić information content (AvgIpc) is 2.45. The van der Waals surface area contributed by atoms with Gasteiger partial charge in [-0.1, -0.05) is 30.7 Å². The van der Waals surface area contributed by atoms with Crippen LogP contribution in [0, 0.1) is 6.92 Å². The molecule has 0 saturated heterocycles. The molecule has 1 aromatic carbocycles. The number of halogens is 1. The van der Waals surface area contributed by atoms with Crippen LogP contribution in [0.5, 0.6) is 0 Å². The second-order valence-electron chi connectivity index (χ2n) is 5.03. The predicted octanol–water partition coefficient (Wildman–Crippen LogP) is 4.43. The normalized spacial score (nSPS) is 12.0. The Bertz CT molecular complexity index is 583. The molecule has 0 amide bonds. The maximum atomic E-state index is 5.92. The third kappa shape index (κ3) is 4.60. The van der Waals surface area contributed by atoms with E-state index in [1.807, 2.05) is 37.3 Å². The number of hydrogen-bond donors (Lipinski definition) is 2. The highest BCUT2D eigenvalue weighted by Crippen LogP contribution is 2.21. The quantitative estimate of drug-likeness (QED) is 0.828. The Labute approximate surface area is 131 Å². The van der Waals surface area contributed by atoms with Gasteiger partial charge >= 0.3 is 0 Å². The average molecular weight is 305 g/mol. The second-order valence-corrected chi connectivity index (χ2v) is 5.47. The summed E-state index contributed by atoms with van der Waals surface area (Å²) in [5.41, 5.74) is 1.17. The molecule has 0 aliphatic heterocycles. The zero-order chi connectivity index (χ0) is 15.2. The lowest BCUT2D eigenvalue weighted by atomic mass is 10.1. The molecule has 112 valence electrons. The minimum absolute atomic E-state index is 0.149. The van der Waals surface area contributed by atoms with Crippen molar-refractivity contribution < 1.29 is 0 Å². The van der Waals surface area contributed by atoms with Gasteiger partial charge in [0.1, 0.15) is 17.5 Å². The summed E-state index contributed by atoms with van der Waals surface area (Å²) in [6.45, 7) is 7.03. The summed E-state index contributed by atoms with van der Waals surface area (Å²) in [6.07, 6.45) is 1.06. The van der Waals surface area contributed by atoms with Crippen LogP contribution in [-0.2, 0) is 0 Å². The largest absolute Gasteiger partial charge is 0.370 e. The van der Waals surface area contributed by atoms with Crippen LogP contribution in [-0.4, -0.2) is 16.5 Å². The van der Waals surface area contributed by atoms with Crippen LogP contribution in [0.25, 0.3) is 0 Å². The van der Waals surface area contributed by atoms with Gasteiger partial charge in [0.2, 0.25) is 0 Å². The van der Waals surface area contributed by atoms with Gasteiger partial charge in [-0.3, -0.25) is 0 Å². The second kappa shape index (κ2) is 7.27. The molecule has 0 radical (unpaired) electrons. The van der Waals surface area contributed by atoms with E-state index in [4.69, 9.17) is 11.6 Å². The first-order chi connectivity index (χ1) is 10.1. The molecule has 1 aromatic heterocycles. The number of aromatic nitrogens is 2. The molecule has 1 atom stereocenters. The van der Waals surface area contributed by atoms with Crippen molar-refractivity contribution in [1.29, 1.82) is 0 Å². The lowest BCUT2D eigenvalue weighted by Crippen LogP contribution is -2.10. The maximum absolute atomic E-state index is 5.92. The predicted molar refractivity (Wildman–Crippen MR) is 89.0 cm³/mol. The van der Waals surface area contributed by atoms with Gasteiger partial charge < -0.3 is 10.6 Å². The van der Waals surface area contributed by atoms with E-state index in [9.17, 15) is 0 Å². The molecule has 1 heterocycles. The molecule has 4 nitrogen and oxygen atoms in total. The number of anilines is 2. The number of nitrogens with zero attached hydrogens (tertiary/aromatic N) is 2. The summed E-state index contributed by atoms with van der Waals surface area (Å²) in [4.78, 5) is 8.82. The molecule has 0 aliphatic rings. The van der Waals surface area contributed by atoms with Gasteiger partial charge in [0.25, 0.3) is 0 Å². The third-order valence-electron chi connectivity index (χ3n) is 3.13. The van der Waals surface area contributed by atoms with Crippen molar-refractivity contribution in [2.24, 2.45) is 0 Å². The Morgan fingerprint density at radius 2 is 1.81 bits per heavy atom. The van der Waals surface area contributed by atoms with Gasteiger partial charge in [-0.2, -0.15) is 0 Å².